The van der Waals surface area contributed by atoms with Crippen LogP contribution in [0.5, 0.6) is 0 Å². The van der Waals surface area contributed by atoms with Gasteiger partial charge >= 0.3 is 6.01 Å². The molecule has 0 amide bonds. The van der Waals surface area contributed by atoms with E-state index in [1.165, 1.54) is 0 Å². The molecule has 2 aromatic rings. The summed E-state index contributed by atoms with van der Waals surface area (Å²) in [5.74, 6) is 0.575. The van der Waals surface area contributed by atoms with Gasteiger partial charge in [0, 0.05) is 10.2 Å². The van der Waals surface area contributed by atoms with Crippen LogP contribution in [-0.2, 0) is 6.54 Å². The predicted octanol–water partition coefficient (Wildman–Crippen LogP) is 2.69. The predicted molar refractivity (Wildman–Crippen MR) is 69.1 cm³/mol. The molecule has 2 N–H and O–H groups in total. The number of hydrogen-bond donors (Lipinski definition) is 2. The molecular weight excluding hydrogens is 284 g/mol. The largest absolute Gasteiger partial charge is 0.406 e. The monoisotopic (exact) mass is 296 g/mol. The fourth-order valence-electron chi connectivity index (χ4n) is 1.26. The second kappa shape index (κ2) is 5.79. The van der Waals surface area contributed by atoms with Crippen molar-refractivity contribution in [2.75, 3.05) is 11.9 Å². The fraction of sp³-hybridized carbons (Fsp3) is 0.273. The number of nitrogens with one attached hydrogen (secondary N) is 2. The molecule has 0 saturated heterocycles. The van der Waals surface area contributed by atoms with Gasteiger partial charge < -0.3 is 15.1 Å². The number of aromatic nitrogens is 2. The van der Waals surface area contributed by atoms with Gasteiger partial charge in [-0.1, -0.05) is 28.0 Å². The Balaban J connectivity index is 1.98. The van der Waals surface area contributed by atoms with Crippen LogP contribution in [0.1, 0.15) is 12.8 Å². The van der Waals surface area contributed by atoms with Crippen molar-refractivity contribution < 1.29 is 4.42 Å². The van der Waals surface area contributed by atoms with Crippen molar-refractivity contribution in [1.29, 1.82) is 0 Å². The average Bonchev–Trinajstić information content (AvgIpc) is 2.77. The van der Waals surface area contributed by atoms with Crippen LogP contribution in [0.3, 0.4) is 0 Å². The van der Waals surface area contributed by atoms with Crippen LogP contribution in [0.15, 0.2) is 33.2 Å². The third kappa shape index (κ3) is 3.54. The summed E-state index contributed by atoms with van der Waals surface area (Å²) in [6.45, 7) is 3.49. The molecule has 0 aliphatic heterocycles. The Bertz CT molecular complexity index is 469. The first-order valence-corrected chi connectivity index (χ1v) is 6.13. The lowest BCUT2D eigenvalue weighted by molar-refractivity contribution is 0.484. The van der Waals surface area contributed by atoms with Gasteiger partial charge in [-0.25, -0.2) is 0 Å². The number of nitrogens with zero attached hydrogens (tertiary/aromatic N) is 2. The van der Waals surface area contributed by atoms with Crippen molar-refractivity contribution in [2.24, 2.45) is 0 Å². The highest BCUT2D eigenvalue weighted by atomic mass is 79.9. The Kier molecular flexibility index (Phi) is 4.11. The maximum atomic E-state index is 5.41. The van der Waals surface area contributed by atoms with E-state index in [0.29, 0.717) is 18.5 Å². The fourth-order valence-corrected chi connectivity index (χ4v) is 1.53. The third-order valence-electron chi connectivity index (χ3n) is 2.09. The van der Waals surface area contributed by atoms with E-state index in [-0.39, 0.29) is 0 Å². The van der Waals surface area contributed by atoms with E-state index in [9.17, 15) is 0 Å². The first-order chi connectivity index (χ1) is 8.28. The molecule has 0 spiro atoms. The third-order valence-corrected chi connectivity index (χ3v) is 2.62. The van der Waals surface area contributed by atoms with Gasteiger partial charge in [0.1, 0.15) is 0 Å². The van der Waals surface area contributed by atoms with Gasteiger partial charge in [0.15, 0.2) is 0 Å². The molecule has 0 unspecified atom stereocenters. The molecule has 0 aliphatic rings. The molecule has 0 aliphatic carbocycles. The van der Waals surface area contributed by atoms with Crippen molar-refractivity contribution in [3.05, 3.63) is 34.6 Å². The van der Waals surface area contributed by atoms with Crippen molar-refractivity contribution in [1.82, 2.24) is 15.5 Å². The summed E-state index contributed by atoms with van der Waals surface area (Å²) in [7, 11) is 0. The van der Waals surface area contributed by atoms with Crippen LogP contribution in [0.4, 0.5) is 11.7 Å². The molecular formula is C11H13BrN4O. The van der Waals surface area contributed by atoms with Gasteiger partial charge in [0.25, 0.3) is 0 Å². The van der Waals surface area contributed by atoms with Gasteiger partial charge in [-0.2, -0.15) is 0 Å². The molecule has 1 heterocycles. The van der Waals surface area contributed by atoms with E-state index < -0.39 is 0 Å². The second-order valence-corrected chi connectivity index (χ2v) is 4.33. The van der Waals surface area contributed by atoms with E-state index in [2.05, 4.69) is 36.8 Å². The molecule has 6 heteroatoms. The van der Waals surface area contributed by atoms with Crippen LogP contribution in [0, 0.1) is 0 Å². The minimum absolute atomic E-state index is 0.403. The van der Waals surface area contributed by atoms with Gasteiger partial charge in [-0.05, 0) is 30.8 Å². The zero-order valence-corrected chi connectivity index (χ0v) is 11.0. The topological polar surface area (TPSA) is 63.0 Å². The van der Waals surface area contributed by atoms with Crippen LogP contribution < -0.4 is 10.6 Å². The molecule has 0 fully saturated rings. The van der Waals surface area contributed by atoms with E-state index in [1.54, 1.807) is 0 Å². The molecule has 1 aromatic heterocycles. The SMILES string of the molecule is CCNCc1nnc(Nc2ccc(Br)cc2)o1. The summed E-state index contributed by atoms with van der Waals surface area (Å²) in [5.41, 5.74) is 0.909. The first-order valence-electron chi connectivity index (χ1n) is 5.33. The Hall–Kier alpha value is -1.40. The van der Waals surface area contributed by atoms with E-state index in [1.807, 2.05) is 31.2 Å². The van der Waals surface area contributed by atoms with Gasteiger partial charge in [-0.15, -0.1) is 5.10 Å². The lowest BCUT2D eigenvalue weighted by atomic mass is 10.3. The quantitative estimate of drug-likeness (QED) is 0.888. The Morgan fingerprint density at radius 2 is 2.00 bits per heavy atom. The maximum Gasteiger partial charge on any atom is 0.320 e. The molecule has 0 radical (unpaired) electrons. The van der Waals surface area contributed by atoms with Crippen LogP contribution >= 0.6 is 15.9 Å². The van der Waals surface area contributed by atoms with Crippen LogP contribution in [0.25, 0.3) is 0 Å². The number of hydrogen-bond acceptors (Lipinski definition) is 5. The summed E-state index contributed by atoms with van der Waals surface area (Å²) < 4.78 is 6.44. The Morgan fingerprint density at radius 1 is 1.24 bits per heavy atom. The second-order valence-electron chi connectivity index (χ2n) is 3.41. The van der Waals surface area contributed by atoms with E-state index >= 15 is 0 Å². The number of benzene rings is 1. The Labute approximate surface area is 108 Å². The van der Waals surface area contributed by atoms with Crippen molar-refractivity contribution in [2.45, 2.75) is 13.5 Å². The highest BCUT2D eigenvalue weighted by molar-refractivity contribution is 9.10. The summed E-state index contributed by atoms with van der Waals surface area (Å²) in [5, 5.41) is 14.0. The number of rotatable bonds is 5. The van der Waals surface area contributed by atoms with Crippen LogP contribution in [0.2, 0.25) is 0 Å². The zero-order valence-electron chi connectivity index (χ0n) is 9.40. The average molecular weight is 297 g/mol. The minimum Gasteiger partial charge on any atom is -0.406 e. The molecule has 1 aromatic carbocycles. The highest BCUT2D eigenvalue weighted by Crippen LogP contribution is 2.18. The molecule has 90 valence electrons. The lowest BCUT2D eigenvalue weighted by Crippen LogP contribution is -2.11. The van der Waals surface area contributed by atoms with Crippen LogP contribution in [-0.4, -0.2) is 16.7 Å². The van der Waals surface area contributed by atoms with Gasteiger partial charge in [0.05, 0.1) is 6.54 Å². The standard InChI is InChI=1S/C11H13BrN4O/c1-2-13-7-10-15-16-11(17-10)14-9-5-3-8(12)4-6-9/h3-6,13H,2,7H2,1H3,(H,14,16). The van der Waals surface area contributed by atoms with E-state index in [0.717, 1.165) is 16.7 Å². The number of anilines is 2. The molecule has 0 atom stereocenters. The normalized spacial score (nSPS) is 10.5. The summed E-state index contributed by atoms with van der Waals surface area (Å²) >= 11 is 3.38. The first kappa shape index (κ1) is 12.1. The Morgan fingerprint density at radius 3 is 2.71 bits per heavy atom. The molecule has 0 saturated carbocycles. The zero-order chi connectivity index (χ0) is 12.1. The lowest BCUT2D eigenvalue weighted by Gasteiger charge is -2.00. The highest BCUT2D eigenvalue weighted by Gasteiger charge is 2.05. The summed E-state index contributed by atoms with van der Waals surface area (Å²) in [4.78, 5) is 0. The molecule has 17 heavy (non-hydrogen) atoms. The van der Waals surface area contributed by atoms with E-state index in [4.69, 9.17) is 4.42 Å². The van der Waals surface area contributed by atoms with Crippen molar-refractivity contribution in [3.63, 3.8) is 0 Å². The van der Waals surface area contributed by atoms with Gasteiger partial charge in [0.2, 0.25) is 5.89 Å². The number of halogens is 1. The summed E-state index contributed by atoms with van der Waals surface area (Å²) in [6, 6.07) is 8.15. The molecule has 0 bridgehead atoms. The van der Waals surface area contributed by atoms with Crippen molar-refractivity contribution >= 4 is 27.6 Å². The molecule has 2 rings (SSSR count). The minimum atomic E-state index is 0.403. The molecule has 5 nitrogen and oxygen atoms in total. The van der Waals surface area contributed by atoms with Crippen molar-refractivity contribution in [3.8, 4) is 0 Å². The smallest absolute Gasteiger partial charge is 0.320 e. The maximum absolute atomic E-state index is 5.41. The summed E-state index contributed by atoms with van der Waals surface area (Å²) in [6.07, 6.45) is 0. The van der Waals surface area contributed by atoms with Gasteiger partial charge in [-0.3, -0.25) is 0 Å².